The molecule has 0 saturated heterocycles. The summed E-state index contributed by atoms with van der Waals surface area (Å²) in [4.78, 5) is 14.6. The van der Waals surface area contributed by atoms with E-state index in [-0.39, 0.29) is 11.5 Å². The summed E-state index contributed by atoms with van der Waals surface area (Å²) < 4.78 is 13.7. The summed E-state index contributed by atoms with van der Waals surface area (Å²) in [5, 5.41) is 11.4. The second kappa shape index (κ2) is 4.70. The van der Waals surface area contributed by atoms with Gasteiger partial charge in [0.2, 0.25) is 0 Å². The fourth-order valence-corrected chi connectivity index (χ4v) is 2.05. The molecule has 1 heterocycles. The summed E-state index contributed by atoms with van der Waals surface area (Å²) >= 11 is 0. The minimum absolute atomic E-state index is 0.0120. The van der Waals surface area contributed by atoms with Gasteiger partial charge in [0.05, 0.1) is 16.1 Å². The van der Waals surface area contributed by atoms with Crippen LogP contribution in [0.4, 0.5) is 10.1 Å². The van der Waals surface area contributed by atoms with Crippen molar-refractivity contribution in [3.8, 4) is 11.3 Å². The molecule has 0 N–H and O–H groups in total. The second-order valence-corrected chi connectivity index (χ2v) is 4.31. The van der Waals surface area contributed by atoms with Crippen LogP contribution in [0, 0.1) is 15.9 Å². The van der Waals surface area contributed by atoms with E-state index in [2.05, 4.69) is 4.98 Å². The number of benzene rings is 2. The van der Waals surface area contributed by atoms with Gasteiger partial charge in [-0.3, -0.25) is 10.1 Å². The number of aromatic nitrogens is 1. The highest BCUT2D eigenvalue weighted by atomic mass is 19.1. The third-order valence-corrected chi connectivity index (χ3v) is 3.03. The van der Waals surface area contributed by atoms with Gasteiger partial charge in [0, 0.05) is 23.1 Å². The maximum atomic E-state index is 13.7. The maximum absolute atomic E-state index is 13.7. The number of fused-ring (bicyclic) bond motifs is 1. The molecule has 0 amide bonds. The first-order chi connectivity index (χ1) is 9.65. The van der Waals surface area contributed by atoms with E-state index in [4.69, 9.17) is 0 Å². The van der Waals surface area contributed by atoms with Gasteiger partial charge >= 0.3 is 0 Å². The highest BCUT2D eigenvalue weighted by Crippen LogP contribution is 2.25. The van der Waals surface area contributed by atoms with Gasteiger partial charge in [-0.15, -0.1) is 0 Å². The molecule has 0 bridgehead atoms. The molecule has 0 saturated carbocycles. The standard InChI is InChI=1S/C15H9FN2O2/c16-13-4-2-1-3-12(13)15-7-5-10-9-11(18(19)20)6-8-14(10)17-15/h1-9H. The zero-order valence-electron chi connectivity index (χ0n) is 10.3. The third-order valence-electron chi connectivity index (χ3n) is 3.03. The molecule has 0 spiro atoms. The summed E-state index contributed by atoms with van der Waals surface area (Å²) in [7, 11) is 0. The van der Waals surface area contributed by atoms with Crippen molar-refractivity contribution in [2.75, 3.05) is 0 Å². The molecule has 4 nitrogen and oxygen atoms in total. The Morgan fingerprint density at radius 1 is 1.05 bits per heavy atom. The van der Waals surface area contributed by atoms with E-state index in [9.17, 15) is 14.5 Å². The summed E-state index contributed by atoms with van der Waals surface area (Å²) in [5.74, 6) is -0.346. The van der Waals surface area contributed by atoms with Gasteiger partial charge in [0.15, 0.2) is 0 Å². The Morgan fingerprint density at radius 2 is 1.85 bits per heavy atom. The summed E-state index contributed by atoms with van der Waals surface area (Å²) in [6.45, 7) is 0. The smallest absolute Gasteiger partial charge is 0.258 e. The normalized spacial score (nSPS) is 10.7. The molecule has 20 heavy (non-hydrogen) atoms. The fourth-order valence-electron chi connectivity index (χ4n) is 2.05. The summed E-state index contributed by atoms with van der Waals surface area (Å²) in [5.41, 5.74) is 1.52. The van der Waals surface area contributed by atoms with Crippen LogP contribution in [-0.4, -0.2) is 9.91 Å². The third kappa shape index (κ3) is 2.09. The van der Waals surface area contributed by atoms with E-state index in [1.54, 1.807) is 36.4 Å². The first-order valence-electron chi connectivity index (χ1n) is 5.95. The van der Waals surface area contributed by atoms with E-state index in [0.717, 1.165) is 0 Å². The molecule has 0 unspecified atom stereocenters. The van der Waals surface area contributed by atoms with Crippen LogP contribution in [-0.2, 0) is 0 Å². The van der Waals surface area contributed by atoms with E-state index >= 15 is 0 Å². The van der Waals surface area contributed by atoms with Crippen molar-refractivity contribution in [2.24, 2.45) is 0 Å². The molecule has 3 rings (SSSR count). The Kier molecular flexibility index (Phi) is 2.87. The molecule has 0 atom stereocenters. The number of hydrogen-bond acceptors (Lipinski definition) is 3. The number of non-ortho nitro benzene ring substituents is 1. The Hall–Kier alpha value is -2.82. The molecule has 0 aliphatic rings. The molecular formula is C15H9FN2O2. The van der Waals surface area contributed by atoms with Crippen LogP contribution in [0.5, 0.6) is 0 Å². The van der Waals surface area contributed by atoms with E-state index in [0.29, 0.717) is 22.2 Å². The molecule has 3 aromatic rings. The topological polar surface area (TPSA) is 56.0 Å². The van der Waals surface area contributed by atoms with Crippen molar-refractivity contribution < 1.29 is 9.31 Å². The second-order valence-electron chi connectivity index (χ2n) is 4.31. The molecule has 0 aliphatic carbocycles. The number of pyridine rings is 1. The Morgan fingerprint density at radius 3 is 2.60 bits per heavy atom. The number of nitro benzene ring substituents is 1. The van der Waals surface area contributed by atoms with Gasteiger partial charge in [0.1, 0.15) is 5.82 Å². The SMILES string of the molecule is O=[N+]([O-])c1ccc2nc(-c3ccccc3F)ccc2c1. The van der Waals surface area contributed by atoms with Crippen LogP contribution in [0.2, 0.25) is 0 Å². The first kappa shape index (κ1) is 12.2. The van der Waals surface area contributed by atoms with Crippen LogP contribution < -0.4 is 0 Å². The average Bonchev–Trinajstić information content (AvgIpc) is 2.46. The Bertz CT molecular complexity index is 818. The Balaban J connectivity index is 2.15. The molecule has 5 heteroatoms. The number of nitro groups is 1. The van der Waals surface area contributed by atoms with Gasteiger partial charge < -0.3 is 0 Å². The lowest BCUT2D eigenvalue weighted by atomic mass is 10.1. The van der Waals surface area contributed by atoms with Crippen molar-refractivity contribution in [1.29, 1.82) is 0 Å². The fraction of sp³-hybridized carbons (Fsp3) is 0. The zero-order valence-corrected chi connectivity index (χ0v) is 10.3. The lowest BCUT2D eigenvalue weighted by molar-refractivity contribution is -0.384. The largest absolute Gasteiger partial charge is 0.270 e. The van der Waals surface area contributed by atoms with Crippen LogP contribution in [0.1, 0.15) is 0 Å². The number of rotatable bonds is 2. The van der Waals surface area contributed by atoms with Crippen LogP contribution in [0.25, 0.3) is 22.2 Å². The molecule has 1 aromatic heterocycles. The zero-order chi connectivity index (χ0) is 14.1. The number of hydrogen-bond donors (Lipinski definition) is 0. The van der Waals surface area contributed by atoms with Gasteiger partial charge in [-0.05, 0) is 24.3 Å². The van der Waals surface area contributed by atoms with Crippen molar-refractivity contribution in [3.05, 3.63) is 70.5 Å². The van der Waals surface area contributed by atoms with E-state index in [1.165, 1.54) is 18.2 Å². The summed E-state index contributed by atoms with van der Waals surface area (Å²) in [6.07, 6.45) is 0. The predicted octanol–water partition coefficient (Wildman–Crippen LogP) is 3.95. The first-order valence-corrected chi connectivity index (χ1v) is 5.95. The molecule has 98 valence electrons. The molecule has 0 aliphatic heterocycles. The van der Waals surface area contributed by atoms with Crippen LogP contribution in [0.3, 0.4) is 0 Å². The molecule has 0 radical (unpaired) electrons. The van der Waals surface area contributed by atoms with E-state index in [1.807, 2.05) is 0 Å². The van der Waals surface area contributed by atoms with Gasteiger partial charge in [-0.1, -0.05) is 18.2 Å². The molecule has 2 aromatic carbocycles. The highest BCUT2D eigenvalue weighted by molar-refractivity contribution is 5.83. The average molecular weight is 268 g/mol. The lowest BCUT2D eigenvalue weighted by Gasteiger charge is -2.04. The van der Waals surface area contributed by atoms with Gasteiger partial charge in [-0.25, -0.2) is 9.37 Å². The number of nitrogens with zero attached hydrogens (tertiary/aromatic N) is 2. The van der Waals surface area contributed by atoms with Crippen LogP contribution >= 0.6 is 0 Å². The van der Waals surface area contributed by atoms with Gasteiger partial charge in [0.25, 0.3) is 5.69 Å². The van der Waals surface area contributed by atoms with Crippen LogP contribution in [0.15, 0.2) is 54.6 Å². The molecule has 0 fully saturated rings. The predicted molar refractivity (Wildman–Crippen MR) is 73.8 cm³/mol. The Labute approximate surface area is 113 Å². The highest BCUT2D eigenvalue weighted by Gasteiger charge is 2.09. The molecular weight excluding hydrogens is 259 g/mol. The van der Waals surface area contributed by atoms with E-state index < -0.39 is 4.92 Å². The van der Waals surface area contributed by atoms with Crippen molar-refractivity contribution >= 4 is 16.6 Å². The van der Waals surface area contributed by atoms with Crippen molar-refractivity contribution in [3.63, 3.8) is 0 Å². The maximum Gasteiger partial charge on any atom is 0.270 e. The lowest BCUT2D eigenvalue weighted by Crippen LogP contribution is -1.91. The van der Waals surface area contributed by atoms with Crippen molar-refractivity contribution in [1.82, 2.24) is 4.98 Å². The monoisotopic (exact) mass is 268 g/mol. The quantitative estimate of drug-likeness (QED) is 0.522. The number of halogens is 1. The van der Waals surface area contributed by atoms with Crippen molar-refractivity contribution in [2.45, 2.75) is 0 Å². The van der Waals surface area contributed by atoms with Gasteiger partial charge in [-0.2, -0.15) is 0 Å². The minimum Gasteiger partial charge on any atom is -0.258 e. The minimum atomic E-state index is -0.454. The summed E-state index contributed by atoms with van der Waals surface area (Å²) in [6, 6.07) is 14.1.